The highest BCUT2D eigenvalue weighted by Gasteiger charge is 2.54. The first-order valence-corrected chi connectivity index (χ1v) is 50.1. The smallest absolute Gasteiger partial charge is 0.246 e. The van der Waals surface area contributed by atoms with Crippen LogP contribution in [0, 0.1) is 53.3 Å². The number of amides is 6. The standard InChI is InChI=1S/C98H129Cl2N7O26S/c1-7-9-10-11-12-14-25-134(126,127)26-15-13-24-102-45-64-68(110)43-63-80(87(64)118)62-34-53(18-21-67(62)109)61-42-70(112)81-58-38-74(129-72-22-19-54(35-65(72)99)85(116)83(106-93(122)52(8-2)27-47(3)4)69(111)37-59(94(123)104-81)40-78(115)103-77(114)33-49-16-17-49)90(133-97-91(89(120)88(119)76(46-108)131-97)132-79-44-98(6,101)92(121)48(5)128-79)75(39-58)130-73-23-20-55(36-66(73)100)86(117)84(107-95(61)124)96(125)105-82(63)71(113)41-60-56-29-50-28-51(31-56)32-57(60)30-50/h18-22,34-36,38-39,43,47-52,56-57,59-61,73,76,79,81-86,88-89,91-92,97,102,108-110,116-121H,7-17,23-33,37,40-42,44-46,101H2,1-6H3,(H,104,123)(H,105,125)(H,106,122)(H,107,124)(H,103,114,115)/t48-,50?,51?,52+,56?,57?,59-,60?,61+,73+,76+,79-,81+,82-,83-,84-,85+,86+,88+,89-,91+,92+,97-,98-/m0/s1. The number of rotatable bonds is 31. The second-order valence-corrected chi connectivity index (χ2v) is 42.6. The first-order valence-electron chi connectivity index (χ1n) is 47.5. The van der Waals surface area contributed by atoms with Gasteiger partial charge in [-0.2, -0.15) is 0 Å². The summed E-state index contributed by atoms with van der Waals surface area (Å²) < 4.78 is 66.0. The van der Waals surface area contributed by atoms with Crippen LogP contribution in [0.5, 0.6) is 40.2 Å². The Kier molecular flexibility index (Phi) is 32.9. The number of aliphatic hydroxyl groups is 6. The fourth-order valence-electron chi connectivity index (χ4n) is 21.3. The Morgan fingerprint density at radius 1 is 0.724 bits per heavy atom. The van der Waals surface area contributed by atoms with E-state index in [4.69, 9.17) is 57.4 Å². The minimum absolute atomic E-state index is 0.0444. The van der Waals surface area contributed by atoms with Gasteiger partial charge in [0.2, 0.25) is 47.5 Å². The molecular formula is C98H129Cl2N7O26S. The molecule has 6 aliphatic carbocycles. The predicted octanol–water partition coefficient (Wildman–Crippen LogP) is 9.15. The fourth-order valence-corrected chi connectivity index (χ4v) is 23.3. The van der Waals surface area contributed by atoms with E-state index in [0.717, 1.165) is 76.3 Å². The molecule has 0 aromatic heterocycles. The molecule has 6 amide bonds. The van der Waals surface area contributed by atoms with E-state index in [-0.39, 0.29) is 153 Å². The number of unbranched alkanes of at least 4 members (excludes halogenated alkanes) is 6. The summed E-state index contributed by atoms with van der Waals surface area (Å²) in [6, 6.07) is 2.73. The Labute approximate surface area is 789 Å². The van der Waals surface area contributed by atoms with Crippen molar-refractivity contribution < 1.29 is 126 Å². The largest absolute Gasteiger partial charge is 0.507 e. The van der Waals surface area contributed by atoms with Crippen LogP contribution in [-0.4, -0.2) is 211 Å². The van der Waals surface area contributed by atoms with Gasteiger partial charge in [0.05, 0.1) is 57.8 Å². The van der Waals surface area contributed by atoms with Gasteiger partial charge in [-0.1, -0.05) is 101 Å². The number of aromatic hydroxyl groups is 3. The molecule has 7 aliphatic heterocycles. The van der Waals surface area contributed by atoms with Crippen molar-refractivity contribution in [2.75, 3.05) is 24.7 Å². The number of sulfone groups is 1. The van der Waals surface area contributed by atoms with Gasteiger partial charge in [-0.15, -0.1) is 0 Å². The molecule has 36 heteroatoms. The van der Waals surface area contributed by atoms with E-state index in [1.54, 1.807) is 6.92 Å². The number of carbonyl (C=O) groups is 9. The lowest BCUT2D eigenvalue weighted by Crippen LogP contribution is -2.64. The van der Waals surface area contributed by atoms with Crippen LogP contribution in [0.4, 0.5) is 0 Å². The first-order chi connectivity index (χ1) is 63.8. The van der Waals surface area contributed by atoms with Crippen LogP contribution >= 0.6 is 23.2 Å². The third-order valence-corrected chi connectivity index (χ3v) is 31.2. The summed E-state index contributed by atoms with van der Waals surface area (Å²) in [5.41, 5.74) is 3.40. The molecule has 732 valence electrons. The summed E-state index contributed by atoms with van der Waals surface area (Å²) in [7, 11) is -3.40. The van der Waals surface area contributed by atoms with E-state index in [9.17, 15) is 68.8 Å². The molecule has 134 heavy (non-hydrogen) atoms. The molecule has 0 spiro atoms. The minimum atomic E-state index is -3.40. The number of ketones is 3. The lowest BCUT2D eigenvalue weighted by Gasteiger charge is -2.54. The van der Waals surface area contributed by atoms with Crippen molar-refractivity contribution in [3.8, 4) is 51.4 Å². The molecule has 13 aliphatic rings. The van der Waals surface area contributed by atoms with E-state index in [2.05, 4.69) is 38.8 Å². The van der Waals surface area contributed by atoms with Gasteiger partial charge in [-0.25, -0.2) is 8.42 Å². The molecule has 2 saturated heterocycles. The molecule has 15 bridgehead atoms. The lowest BCUT2D eigenvalue weighted by molar-refractivity contribution is -0.333. The number of halogens is 2. The number of phenolic OH excluding ortho intramolecular Hbond substituents is 3. The summed E-state index contributed by atoms with van der Waals surface area (Å²) in [5, 5.41) is 126. The van der Waals surface area contributed by atoms with Gasteiger partial charge in [0.15, 0.2) is 41.2 Å². The molecule has 4 aromatic rings. The number of carbonyl (C=O) groups excluding carboxylic acids is 9. The highest BCUT2D eigenvalue weighted by atomic mass is 35.5. The molecule has 0 unspecified atom stereocenters. The van der Waals surface area contributed by atoms with Crippen LogP contribution in [-0.2, 0) is 73.7 Å². The van der Waals surface area contributed by atoms with E-state index in [1.165, 1.54) is 68.5 Å². The number of ether oxygens (including phenoxy) is 6. The molecule has 7 fully saturated rings. The van der Waals surface area contributed by atoms with Crippen molar-refractivity contribution in [2.45, 2.75) is 305 Å². The van der Waals surface area contributed by atoms with E-state index in [1.807, 2.05) is 13.8 Å². The number of Topliss-reactive ketones (excluding diaryl/α,β-unsaturated/α-hetero) is 3. The number of phenols is 3. The predicted molar refractivity (Wildman–Crippen MR) is 490 cm³/mol. The molecule has 7 heterocycles. The van der Waals surface area contributed by atoms with Gasteiger partial charge in [-0.05, 0) is 215 Å². The van der Waals surface area contributed by atoms with Gasteiger partial charge >= 0.3 is 0 Å². The van der Waals surface area contributed by atoms with Crippen LogP contribution in [0.3, 0.4) is 0 Å². The van der Waals surface area contributed by atoms with Gasteiger partial charge < -0.3 is 107 Å². The zero-order valence-electron chi connectivity index (χ0n) is 76.5. The quantitative estimate of drug-likeness (QED) is 0.0209. The molecule has 17 N–H and O–H groups in total. The summed E-state index contributed by atoms with van der Waals surface area (Å²) in [6.07, 6.45) is -7.32. The van der Waals surface area contributed by atoms with Gasteiger partial charge in [-0.3, -0.25) is 48.5 Å². The highest BCUT2D eigenvalue weighted by molar-refractivity contribution is 7.91. The van der Waals surface area contributed by atoms with Crippen molar-refractivity contribution in [3.63, 3.8) is 0 Å². The van der Waals surface area contributed by atoms with Crippen LogP contribution in [0.1, 0.15) is 248 Å². The normalized spacial score (nSPS) is 31.2. The summed E-state index contributed by atoms with van der Waals surface area (Å²) in [5.74, 6) is -16.5. The van der Waals surface area contributed by atoms with E-state index in [0.29, 0.717) is 43.9 Å². The third kappa shape index (κ3) is 23.6. The van der Waals surface area contributed by atoms with E-state index >= 15 is 28.8 Å². The zero-order valence-corrected chi connectivity index (χ0v) is 78.8. The SMILES string of the molecule is CCCCCCCCS(=O)(=O)CCCCNCc1c(O)cc2c(c1O)-c1cc(ccc1O)[C@H]1CC(=O)[C@@H]3NC(=O)[C@H](CC(=O)NC(=O)CC4CC4)CC(=O)[C@H](NC(=O)[C@H](CC)CC(C)C)[C@H](O)c4ccc(c(Cl)c4)Oc4cc3cc(c4O[C@@H]3O[C@H](CO)[C@@H](O)[C@H](O)[C@H]3O[C@H]3C[C@](C)(N)[C@H](O)[C@H](C)O3)O[C@@H]3CC=C(C=C3Cl)[C@@H](O)[C@H](NC1=O)C(=O)N[C@@H]2C(=O)CC1C2CC3CC(C2)CC1C3. The summed E-state index contributed by atoms with van der Waals surface area (Å²) >= 11 is 14.7. The summed E-state index contributed by atoms with van der Waals surface area (Å²) in [4.78, 5) is 140. The number of nitrogens with two attached hydrogens (primary N) is 1. The highest BCUT2D eigenvalue weighted by Crippen LogP contribution is 2.59. The Morgan fingerprint density at radius 2 is 1.41 bits per heavy atom. The average Bonchev–Trinajstić information content (AvgIpc) is 0.964. The topological polar surface area (TPSA) is 523 Å². The Balaban J connectivity index is 0.940. The molecule has 19 atom stereocenters. The van der Waals surface area contributed by atoms with Crippen molar-refractivity contribution in [1.29, 1.82) is 0 Å². The Bertz CT molecular complexity index is 5190. The molecular weight excluding hydrogens is 1790 g/mol. The molecule has 4 aromatic carbocycles. The monoisotopic (exact) mass is 1920 g/mol. The van der Waals surface area contributed by atoms with Crippen molar-refractivity contribution >= 4 is 85.8 Å². The van der Waals surface area contributed by atoms with Gasteiger partial charge in [0, 0.05) is 74.1 Å². The number of nitrogens with one attached hydrogen (secondary N) is 6. The average molecular weight is 1920 g/mol. The Morgan fingerprint density at radius 3 is 2.08 bits per heavy atom. The van der Waals surface area contributed by atoms with E-state index < -0.39 is 238 Å². The number of fused-ring (bicyclic) bond motifs is 14. The minimum Gasteiger partial charge on any atom is -0.507 e. The number of hydrogen-bond acceptors (Lipinski definition) is 28. The van der Waals surface area contributed by atoms with Crippen molar-refractivity contribution in [1.82, 2.24) is 31.9 Å². The molecule has 0 radical (unpaired) electrons. The molecule has 5 saturated carbocycles. The number of imide groups is 1. The Hall–Kier alpha value is -8.72. The number of benzene rings is 4. The van der Waals surface area contributed by atoms with Crippen LogP contribution < -0.4 is 51.8 Å². The zero-order chi connectivity index (χ0) is 96.2. The maximum Gasteiger partial charge on any atom is 0.246 e. The number of hydrogen-bond donors (Lipinski definition) is 16. The summed E-state index contributed by atoms with van der Waals surface area (Å²) in [6.45, 7) is 9.59. The number of aliphatic hydroxyl groups excluding tert-OH is 6. The van der Waals surface area contributed by atoms with Crippen LogP contribution in [0.2, 0.25) is 5.02 Å². The van der Waals surface area contributed by atoms with Gasteiger partial charge in [0.1, 0.15) is 93.6 Å². The van der Waals surface area contributed by atoms with Crippen LogP contribution in [0.25, 0.3) is 11.1 Å². The molecule has 33 nitrogen and oxygen atoms in total. The van der Waals surface area contributed by atoms with Crippen molar-refractivity contribution in [2.24, 2.45) is 59.0 Å². The maximum absolute atomic E-state index is 17.0. The van der Waals surface area contributed by atoms with Crippen molar-refractivity contribution in [3.05, 3.63) is 110 Å². The second kappa shape index (κ2) is 43.5. The fraction of sp³-hybridized carbons (Fsp3) is 0.622. The molecule has 17 rings (SSSR count). The third-order valence-electron chi connectivity index (χ3n) is 28.7. The maximum atomic E-state index is 17.0. The second-order valence-electron chi connectivity index (χ2n) is 39.5. The first kappa shape index (κ1) is 101. The van der Waals surface area contributed by atoms with Gasteiger partial charge in [0.25, 0.3) is 0 Å². The van der Waals surface area contributed by atoms with Crippen LogP contribution in [0.15, 0.2) is 77.4 Å². The lowest BCUT2D eigenvalue weighted by atomic mass is 9.51.